The molecule has 0 fully saturated rings. The topological polar surface area (TPSA) is 106 Å². The first kappa shape index (κ1) is 45.1. The highest BCUT2D eigenvalue weighted by molar-refractivity contribution is 7.99. The molecule has 8 nitrogen and oxygen atoms in total. The molecule has 0 heterocycles. The van der Waals surface area contributed by atoms with Crippen LogP contribution in [0, 0.1) is 5.41 Å². The molecule has 0 saturated carbocycles. The highest BCUT2D eigenvalue weighted by Gasteiger charge is 2.36. The van der Waals surface area contributed by atoms with E-state index in [9.17, 15) is 17.8 Å². The fraction of sp³-hybridized carbons (Fsp3) is 0.969. The summed E-state index contributed by atoms with van der Waals surface area (Å²) in [6.07, 6.45) is 18.4. The molecule has 0 rings (SSSR count). The van der Waals surface area contributed by atoms with Crippen molar-refractivity contribution in [3.05, 3.63) is 0 Å². The van der Waals surface area contributed by atoms with Crippen LogP contribution in [0.15, 0.2) is 0 Å². The summed E-state index contributed by atoms with van der Waals surface area (Å²) >= 11 is 1.65. The van der Waals surface area contributed by atoms with Crippen LogP contribution in [-0.4, -0.2) is 85.8 Å². The number of carbonyl (C=O) groups excluding carboxylic acids is 1. The predicted octanol–water partition coefficient (Wildman–Crippen LogP) is 6.52. The van der Waals surface area contributed by atoms with E-state index < -0.39 is 30.1 Å². The van der Waals surface area contributed by atoms with Gasteiger partial charge in [0, 0.05) is 51.7 Å². The summed E-state index contributed by atoms with van der Waals surface area (Å²) in [6, 6.07) is 0.714. The van der Waals surface area contributed by atoms with E-state index in [4.69, 9.17) is 13.3 Å². The lowest BCUT2D eigenvalue weighted by Gasteiger charge is -2.25. The number of ketones is 1. The van der Waals surface area contributed by atoms with E-state index in [0.29, 0.717) is 18.2 Å². The zero-order valence-corrected chi connectivity index (χ0v) is 31.9. The minimum atomic E-state index is -4.32. The number of nitrogens with one attached hydrogen (secondary N) is 1. The molecular formula is C32H69NO7S2Si. The van der Waals surface area contributed by atoms with E-state index in [2.05, 4.69) is 20.8 Å². The quantitative estimate of drug-likeness (QED) is 0.0544. The van der Waals surface area contributed by atoms with E-state index in [1.165, 1.54) is 96.7 Å². The molecule has 260 valence electrons. The van der Waals surface area contributed by atoms with Crippen molar-refractivity contribution in [1.82, 2.24) is 0 Å². The Labute approximate surface area is 272 Å². The van der Waals surface area contributed by atoms with E-state index in [0.717, 1.165) is 12.2 Å². The van der Waals surface area contributed by atoms with Crippen LogP contribution in [0.25, 0.3) is 0 Å². The zero-order valence-electron chi connectivity index (χ0n) is 29.2. The summed E-state index contributed by atoms with van der Waals surface area (Å²) in [6.45, 7) is 14.4. The monoisotopic (exact) mass is 671 g/mol. The molecule has 11 heteroatoms. The van der Waals surface area contributed by atoms with Gasteiger partial charge < -0.3 is 22.7 Å². The third kappa shape index (κ3) is 29.2. The molecule has 0 bridgehead atoms. The van der Waals surface area contributed by atoms with Crippen molar-refractivity contribution in [2.75, 3.05) is 58.2 Å². The number of thioether (sulfide) groups is 1. The molecule has 0 radical (unpaired) electrons. The van der Waals surface area contributed by atoms with E-state index in [1.54, 1.807) is 46.9 Å². The first-order chi connectivity index (χ1) is 20.3. The van der Waals surface area contributed by atoms with Gasteiger partial charge >= 0.3 is 8.80 Å². The van der Waals surface area contributed by atoms with Crippen molar-refractivity contribution < 1.29 is 35.9 Å². The summed E-state index contributed by atoms with van der Waals surface area (Å²) < 4.78 is 48.4. The molecule has 0 aliphatic carbocycles. The number of hydrogen-bond acceptors (Lipinski definition) is 8. The van der Waals surface area contributed by atoms with Gasteiger partial charge in [-0.1, -0.05) is 73.1 Å². The second-order valence-electron chi connectivity index (χ2n) is 12.5. The Balaban J connectivity index is 0. The summed E-state index contributed by atoms with van der Waals surface area (Å²) in [5, 5.41) is 0. The number of Topliss-reactive ketones (excluding diaryl/α,β-unsaturated/α-hetero) is 1. The standard InChI is InChI=1S/C18H39N.C14H30O7S2Si/c1-4-7-10-13-16-19(17-14-11-8-5-2)18-15-12-9-6-3;1-14(2,12-23(16,17)18)11-13(15)7-9-22-8-6-10-24(19-3,20-4)21-5/h4-18H2,1-3H3;6-12H2,1-5H3,(H,16,17,18). The lowest BCUT2D eigenvalue weighted by atomic mass is 9.89. The number of unbranched alkanes of at least 4 members (excludes halogenated alkanes) is 9. The van der Waals surface area contributed by atoms with Gasteiger partial charge in [-0.25, -0.2) is 8.42 Å². The van der Waals surface area contributed by atoms with Crippen LogP contribution in [0.1, 0.15) is 131 Å². The van der Waals surface area contributed by atoms with Gasteiger partial charge in [-0.3, -0.25) is 4.79 Å². The van der Waals surface area contributed by atoms with Crippen LogP contribution in [0.2, 0.25) is 6.04 Å². The van der Waals surface area contributed by atoms with Gasteiger partial charge in [-0.2, -0.15) is 11.8 Å². The molecule has 0 unspecified atom stereocenters. The summed E-state index contributed by atoms with van der Waals surface area (Å²) in [7, 11) is -2.11. The highest BCUT2D eigenvalue weighted by atomic mass is 32.2. The van der Waals surface area contributed by atoms with Crippen molar-refractivity contribution >= 4 is 36.5 Å². The third-order valence-corrected chi connectivity index (χ3v) is 12.7. The van der Waals surface area contributed by atoms with Gasteiger partial charge in [0.2, 0.25) is 0 Å². The van der Waals surface area contributed by atoms with Gasteiger partial charge in [-0.15, -0.1) is 0 Å². The molecule has 0 aromatic carbocycles. The molecule has 0 saturated heterocycles. The van der Waals surface area contributed by atoms with Gasteiger partial charge in [0.1, 0.15) is 5.78 Å². The van der Waals surface area contributed by atoms with Crippen LogP contribution < -0.4 is 4.90 Å². The SMILES string of the molecule is CCCCCC[NH+](CCCCCC)CCCCCC.CO[Si](CCCSCCC(=O)CC(C)(C)CS(=O)(=O)[O-])(OC)OC. The van der Waals surface area contributed by atoms with Gasteiger partial charge in [0.05, 0.1) is 29.8 Å². The molecular weight excluding hydrogens is 603 g/mol. The van der Waals surface area contributed by atoms with Crippen LogP contribution in [0.3, 0.4) is 0 Å². The van der Waals surface area contributed by atoms with Gasteiger partial charge in [-0.05, 0) is 56.1 Å². The average molecular weight is 672 g/mol. The first-order valence-corrected chi connectivity index (χ1v) is 21.5. The van der Waals surface area contributed by atoms with Crippen LogP contribution >= 0.6 is 11.8 Å². The molecule has 0 aliphatic heterocycles. The van der Waals surface area contributed by atoms with Gasteiger partial charge in [0.25, 0.3) is 0 Å². The minimum absolute atomic E-state index is 0.0226. The van der Waals surface area contributed by atoms with Crippen molar-refractivity contribution in [2.24, 2.45) is 5.41 Å². The highest BCUT2D eigenvalue weighted by Crippen LogP contribution is 2.24. The van der Waals surface area contributed by atoms with E-state index in [1.807, 2.05) is 4.90 Å². The molecule has 0 aliphatic rings. The first-order valence-electron chi connectivity index (χ1n) is 16.9. The molecule has 0 atom stereocenters. The lowest BCUT2D eigenvalue weighted by molar-refractivity contribution is -0.900. The second-order valence-corrected chi connectivity index (χ2v) is 18.2. The Hall–Kier alpha value is -0.0131. The molecule has 43 heavy (non-hydrogen) atoms. The van der Waals surface area contributed by atoms with Crippen molar-refractivity contribution in [3.63, 3.8) is 0 Å². The number of carbonyl (C=O) groups is 1. The third-order valence-electron chi connectivity index (χ3n) is 7.62. The van der Waals surface area contributed by atoms with E-state index >= 15 is 0 Å². The molecule has 0 spiro atoms. The normalized spacial score (nSPS) is 12.4. The minimum Gasteiger partial charge on any atom is -0.748 e. The van der Waals surface area contributed by atoms with Gasteiger partial charge in [0.15, 0.2) is 0 Å². The molecule has 1 N–H and O–H groups in total. The fourth-order valence-corrected chi connectivity index (χ4v) is 9.13. The molecule has 0 aromatic heterocycles. The maximum absolute atomic E-state index is 11.9. The van der Waals surface area contributed by atoms with Crippen LogP contribution in [0.4, 0.5) is 0 Å². The number of rotatable bonds is 29. The molecule has 0 aromatic rings. The largest absolute Gasteiger partial charge is 0.748 e. The van der Waals surface area contributed by atoms with Crippen molar-refractivity contribution in [3.8, 4) is 0 Å². The van der Waals surface area contributed by atoms with E-state index in [-0.39, 0.29) is 12.2 Å². The predicted molar refractivity (Wildman–Crippen MR) is 184 cm³/mol. The van der Waals surface area contributed by atoms with Crippen LogP contribution in [0.5, 0.6) is 0 Å². The average Bonchev–Trinajstić information content (AvgIpc) is 2.94. The Morgan fingerprint density at radius 3 is 1.56 bits per heavy atom. The molecule has 0 amide bonds. The summed E-state index contributed by atoms with van der Waals surface area (Å²) in [4.78, 5) is 13.8. The van der Waals surface area contributed by atoms with Crippen molar-refractivity contribution in [1.29, 1.82) is 0 Å². The maximum Gasteiger partial charge on any atom is 0.500 e. The Kier molecular flexibility index (Phi) is 29.6. The van der Waals surface area contributed by atoms with Crippen LogP contribution in [-0.2, 0) is 28.2 Å². The summed E-state index contributed by atoms with van der Waals surface area (Å²) in [5.41, 5.74) is -0.817. The Morgan fingerprint density at radius 1 is 0.744 bits per heavy atom. The maximum atomic E-state index is 11.9. The fourth-order valence-electron chi connectivity index (χ4n) is 5.17. The smallest absolute Gasteiger partial charge is 0.500 e. The Bertz CT molecular complexity index is 713. The number of quaternary nitrogens is 1. The summed E-state index contributed by atoms with van der Waals surface area (Å²) in [5.74, 6) is 0.985. The zero-order chi connectivity index (χ0) is 33.0. The second kappa shape index (κ2) is 28.2. The Morgan fingerprint density at radius 2 is 1.19 bits per heavy atom. The number of hydrogen-bond donors (Lipinski definition) is 1. The van der Waals surface area contributed by atoms with Crippen molar-refractivity contribution in [2.45, 2.75) is 137 Å². The lowest BCUT2D eigenvalue weighted by Crippen LogP contribution is -3.12.